The van der Waals surface area contributed by atoms with E-state index in [1.54, 1.807) is 0 Å². The molecule has 2 aliphatic rings. The van der Waals surface area contributed by atoms with Gasteiger partial charge in [-0.15, -0.1) is 0 Å². The lowest BCUT2D eigenvalue weighted by atomic mass is 10.1. The fraction of sp³-hybridized carbons (Fsp3) is 0.350. The number of urea groups is 1. The summed E-state index contributed by atoms with van der Waals surface area (Å²) in [5.74, 6) is 2.35. The quantitative estimate of drug-likeness (QED) is 0.820. The molecule has 1 N–H and O–H groups in total. The van der Waals surface area contributed by atoms with Crippen molar-refractivity contribution in [3.63, 3.8) is 0 Å². The molecule has 7 nitrogen and oxygen atoms in total. The Kier molecular flexibility index (Phi) is 5.29. The van der Waals surface area contributed by atoms with Gasteiger partial charge >= 0.3 is 6.03 Å². The van der Waals surface area contributed by atoms with Gasteiger partial charge in [-0.25, -0.2) is 4.79 Å². The number of hydrogen-bond acceptors (Lipinski definition) is 5. The Bertz CT molecular complexity index is 776. The highest BCUT2D eigenvalue weighted by Gasteiger charge is 2.21. The second-order valence-corrected chi connectivity index (χ2v) is 6.53. The number of carbonyl (C=O) groups is 1. The van der Waals surface area contributed by atoms with E-state index >= 15 is 0 Å². The molecule has 27 heavy (non-hydrogen) atoms. The number of ether oxygens (including phenoxy) is 3. The van der Waals surface area contributed by atoms with Gasteiger partial charge in [-0.3, -0.25) is 4.90 Å². The molecule has 7 heteroatoms. The number of nitrogens with zero attached hydrogens (tertiary/aromatic N) is 2. The molecule has 2 heterocycles. The summed E-state index contributed by atoms with van der Waals surface area (Å²) in [7, 11) is 0. The Morgan fingerprint density at radius 2 is 1.78 bits per heavy atom. The third kappa shape index (κ3) is 4.43. The maximum Gasteiger partial charge on any atom is 0.320 e. The van der Waals surface area contributed by atoms with E-state index < -0.39 is 0 Å². The number of rotatable bonds is 5. The number of nitrogens with one attached hydrogen (secondary N) is 1. The van der Waals surface area contributed by atoms with Gasteiger partial charge in [0.15, 0.2) is 18.2 Å². The van der Waals surface area contributed by atoms with Crippen molar-refractivity contribution in [2.45, 2.75) is 6.54 Å². The Morgan fingerprint density at radius 3 is 2.59 bits per heavy atom. The first-order valence-electron chi connectivity index (χ1n) is 9.09. The van der Waals surface area contributed by atoms with E-state index in [0.717, 1.165) is 36.9 Å². The first-order chi connectivity index (χ1) is 13.3. The molecule has 2 amide bonds. The molecule has 142 valence electrons. The smallest absolute Gasteiger partial charge is 0.320 e. The number of benzene rings is 2. The number of piperazine rings is 1. The molecule has 2 aliphatic heterocycles. The average molecular weight is 369 g/mol. The van der Waals surface area contributed by atoms with Crippen LogP contribution in [0.2, 0.25) is 0 Å². The summed E-state index contributed by atoms with van der Waals surface area (Å²) in [5.41, 5.74) is 1.19. The fourth-order valence-corrected chi connectivity index (χ4v) is 3.22. The van der Waals surface area contributed by atoms with Gasteiger partial charge in [0.25, 0.3) is 0 Å². The fourth-order valence-electron chi connectivity index (χ4n) is 3.22. The number of fused-ring (bicyclic) bond motifs is 1. The minimum absolute atomic E-state index is 0.0892. The van der Waals surface area contributed by atoms with Crippen molar-refractivity contribution < 1.29 is 19.0 Å². The van der Waals surface area contributed by atoms with E-state index in [1.165, 1.54) is 5.56 Å². The van der Waals surface area contributed by atoms with Gasteiger partial charge in [0.2, 0.25) is 6.79 Å². The second kappa shape index (κ2) is 8.18. The van der Waals surface area contributed by atoms with Crippen molar-refractivity contribution in [3.05, 3.63) is 54.1 Å². The molecule has 0 bridgehead atoms. The summed E-state index contributed by atoms with van der Waals surface area (Å²) in [5, 5.41) is 2.81. The van der Waals surface area contributed by atoms with E-state index in [9.17, 15) is 4.79 Å². The first kappa shape index (κ1) is 17.5. The van der Waals surface area contributed by atoms with Crippen LogP contribution in [0.3, 0.4) is 0 Å². The first-order valence-corrected chi connectivity index (χ1v) is 9.09. The van der Waals surface area contributed by atoms with Gasteiger partial charge in [-0.05, 0) is 29.8 Å². The van der Waals surface area contributed by atoms with Crippen molar-refractivity contribution in [2.75, 3.05) is 39.7 Å². The summed E-state index contributed by atoms with van der Waals surface area (Å²) < 4.78 is 16.3. The van der Waals surface area contributed by atoms with Crippen molar-refractivity contribution in [2.24, 2.45) is 0 Å². The highest BCUT2D eigenvalue weighted by Crippen LogP contribution is 2.32. The van der Waals surface area contributed by atoms with Gasteiger partial charge in [0.1, 0.15) is 5.75 Å². The summed E-state index contributed by atoms with van der Waals surface area (Å²) in [6.45, 7) is 4.36. The van der Waals surface area contributed by atoms with Crippen molar-refractivity contribution in [1.29, 1.82) is 0 Å². The van der Waals surface area contributed by atoms with Crippen LogP contribution >= 0.6 is 0 Å². The van der Waals surface area contributed by atoms with Gasteiger partial charge in [0.05, 0.1) is 0 Å². The maximum absolute atomic E-state index is 12.3. The zero-order valence-electron chi connectivity index (χ0n) is 15.1. The second-order valence-electron chi connectivity index (χ2n) is 6.53. The van der Waals surface area contributed by atoms with Crippen LogP contribution in [0.25, 0.3) is 0 Å². The zero-order valence-corrected chi connectivity index (χ0v) is 15.1. The van der Waals surface area contributed by atoms with E-state index in [0.29, 0.717) is 19.9 Å². The minimum atomic E-state index is -0.0892. The molecule has 0 unspecified atom stereocenters. The molecule has 0 aromatic heterocycles. The molecular weight excluding hydrogens is 346 g/mol. The van der Waals surface area contributed by atoms with Crippen molar-refractivity contribution >= 4 is 6.03 Å². The molecule has 0 aliphatic carbocycles. The number of para-hydroxylation sites is 1. The lowest BCUT2D eigenvalue weighted by Gasteiger charge is -2.34. The van der Waals surface area contributed by atoms with E-state index in [4.69, 9.17) is 14.2 Å². The molecule has 2 aromatic rings. The Labute approximate surface area is 158 Å². The molecule has 2 aromatic carbocycles. The molecule has 0 radical (unpaired) electrons. The topological polar surface area (TPSA) is 63.3 Å². The van der Waals surface area contributed by atoms with Crippen molar-refractivity contribution in [1.82, 2.24) is 15.1 Å². The van der Waals surface area contributed by atoms with E-state index in [-0.39, 0.29) is 12.8 Å². The van der Waals surface area contributed by atoms with Crippen LogP contribution < -0.4 is 19.5 Å². The number of hydrogen-bond donors (Lipinski definition) is 1. The van der Waals surface area contributed by atoms with Gasteiger partial charge in [-0.2, -0.15) is 0 Å². The van der Waals surface area contributed by atoms with E-state index in [1.807, 2.05) is 47.4 Å². The van der Waals surface area contributed by atoms with Crippen LogP contribution in [-0.2, 0) is 6.54 Å². The summed E-state index contributed by atoms with van der Waals surface area (Å²) in [6.07, 6.45) is 0. The zero-order chi connectivity index (χ0) is 18.5. The third-order valence-corrected chi connectivity index (χ3v) is 4.71. The maximum atomic E-state index is 12.3. The van der Waals surface area contributed by atoms with Gasteiger partial charge < -0.3 is 24.4 Å². The highest BCUT2D eigenvalue weighted by molar-refractivity contribution is 5.74. The Morgan fingerprint density at radius 1 is 1.00 bits per heavy atom. The third-order valence-electron chi connectivity index (χ3n) is 4.71. The molecule has 1 saturated heterocycles. The Balaban J connectivity index is 1.20. The molecule has 0 atom stereocenters. The van der Waals surface area contributed by atoms with Gasteiger partial charge in [0, 0.05) is 32.7 Å². The minimum Gasteiger partial charge on any atom is -0.473 e. The average Bonchev–Trinajstić information content (AvgIpc) is 3.17. The molecule has 0 spiro atoms. The largest absolute Gasteiger partial charge is 0.473 e. The van der Waals surface area contributed by atoms with E-state index in [2.05, 4.69) is 16.3 Å². The number of carbonyl (C=O) groups excluding carboxylic acids is 1. The van der Waals surface area contributed by atoms with Crippen LogP contribution in [0.1, 0.15) is 5.56 Å². The van der Waals surface area contributed by atoms with Crippen LogP contribution in [0.15, 0.2) is 48.5 Å². The van der Waals surface area contributed by atoms with Crippen LogP contribution in [-0.4, -0.2) is 55.5 Å². The Hall–Kier alpha value is -2.93. The lowest BCUT2D eigenvalue weighted by molar-refractivity contribution is 0.130. The standard InChI is InChI=1S/C20H23N3O4/c24-20(21-14-25-17-4-2-1-3-5-17)23-10-8-22(9-11-23)13-16-6-7-18-19(12-16)27-15-26-18/h1-7,12H,8-11,13-15H2,(H,21,24). The molecule has 0 saturated carbocycles. The lowest BCUT2D eigenvalue weighted by Crippen LogP contribution is -2.51. The van der Waals surface area contributed by atoms with Gasteiger partial charge in [-0.1, -0.05) is 24.3 Å². The molecule has 4 rings (SSSR count). The summed E-state index contributed by atoms with van der Waals surface area (Å²) in [6, 6.07) is 15.4. The van der Waals surface area contributed by atoms with Crippen LogP contribution in [0, 0.1) is 0 Å². The van der Waals surface area contributed by atoms with Crippen LogP contribution in [0.5, 0.6) is 17.2 Å². The number of amides is 2. The predicted molar refractivity (Wildman–Crippen MR) is 99.9 cm³/mol. The summed E-state index contributed by atoms with van der Waals surface area (Å²) in [4.78, 5) is 16.4. The van der Waals surface area contributed by atoms with Crippen LogP contribution in [0.4, 0.5) is 4.79 Å². The monoisotopic (exact) mass is 369 g/mol. The normalized spacial score (nSPS) is 16.2. The van der Waals surface area contributed by atoms with Crippen molar-refractivity contribution in [3.8, 4) is 17.2 Å². The highest BCUT2D eigenvalue weighted by atomic mass is 16.7. The SMILES string of the molecule is O=C(NCOc1ccccc1)N1CCN(Cc2ccc3c(c2)OCO3)CC1. The molecule has 1 fully saturated rings. The predicted octanol–water partition coefficient (Wildman–Crippen LogP) is 2.28. The summed E-state index contributed by atoms with van der Waals surface area (Å²) >= 11 is 0. The molecular formula is C20H23N3O4.